The van der Waals surface area contributed by atoms with Crippen LogP contribution in [-0.2, 0) is 11.4 Å². The van der Waals surface area contributed by atoms with Crippen molar-refractivity contribution < 1.29 is 4.55 Å². The molecule has 1 aromatic heterocycles. The summed E-state index contributed by atoms with van der Waals surface area (Å²) in [5.74, 6) is 0. The van der Waals surface area contributed by atoms with E-state index in [-0.39, 0.29) is 4.75 Å². The van der Waals surface area contributed by atoms with Crippen LogP contribution in [0.15, 0.2) is 34.7 Å². The topological polar surface area (TPSA) is 53.2 Å². The van der Waals surface area contributed by atoms with Crippen LogP contribution in [0.3, 0.4) is 0 Å². The Balaban J connectivity index is 2.26. The van der Waals surface area contributed by atoms with Gasteiger partial charge in [0.1, 0.15) is 16.1 Å². The fourth-order valence-electron chi connectivity index (χ4n) is 1.89. The van der Waals surface area contributed by atoms with Crippen LogP contribution in [0.4, 0.5) is 0 Å². The van der Waals surface area contributed by atoms with Gasteiger partial charge in [-0.25, -0.2) is 4.68 Å². The first-order valence-electron chi connectivity index (χ1n) is 6.87. The molecule has 1 atom stereocenters. The van der Waals surface area contributed by atoms with Crippen LogP contribution in [0.2, 0.25) is 0 Å². The van der Waals surface area contributed by atoms with E-state index in [1.807, 2.05) is 69.6 Å². The van der Waals surface area contributed by atoms with Gasteiger partial charge in [-0.1, -0.05) is 16.5 Å². The molecule has 21 heavy (non-hydrogen) atoms. The summed E-state index contributed by atoms with van der Waals surface area (Å²) >= 11 is -1.24. The lowest BCUT2D eigenvalue weighted by Gasteiger charge is -2.17. The number of hydrogen-bond donors (Lipinski definition) is 0. The van der Waals surface area contributed by atoms with E-state index in [2.05, 4.69) is 9.50 Å². The SMILES string of the molecule is Cc1cc(C)n(-c2cccc(/C=N/[S+]([O-])C(C)(C)C)c2)n1. The molecule has 5 heteroatoms. The lowest BCUT2D eigenvalue weighted by atomic mass is 10.2. The molecule has 0 fully saturated rings. The predicted molar refractivity (Wildman–Crippen MR) is 88.5 cm³/mol. The highest BCUT2D eigenvalue weighted by molar-refractivity contribution is 7.91. The number of nitrogens with zero attached hydrogens (tertiary/aromatic N) is 3. The molecule has 0 saturated carbocycles. The Morgan fingerprint density at radius 2 is 1.95 bits per heavy atom. The maximum atomic E-state index is 11.9. The summed E-state index contributed by atoms with van der Waals surface area (Å²) in [6.45, 7) is 9.73. The summed E-state index contributed by atoms with van der Waals surface area (Å²) in [5.41, 5.74) is 3.96. The molecule has 1 aromatic carbocycles. The molecule has 0 aliphatic carbocycles. The quantitative estimate of drug-likeness (QED) is 0.645. The Labute approximate surface area is 129 Å². The maximum absolute atomic E-state index is 11.9. The highest BCUT2D eigenvalue weighted by Crippen LogP contribution is 2.17. The molecule has 0 spiro atoms. The Hall–Kier alpha value is -1.59. The minimum absolute atomic E-state index is 0.343. The smallest absolute Gasteiger partial charge is 0.144 e. The molecule has 2 rings (SSSR count). The van der Waals surface area contributed by atoms with Crippen LogP contribution in [0, 0.1) is 13.8 Å². The summed E-state index contributed by atoms with van der Waals surface area (Å²) in [6, 6.07) is 9.92. The number of aryl methyl sites for hydroxylation is 2. The largest absolute Gasteiger partial charge is 0.591 e. The van der Waals surface area contributed by atoms with E-state index < -0.39 is 11.4 Å². The third kappa shape index (κ3) is 3.95. The van der Waals surface area contributed by atoms with Gasteiger partial charge in [0.15, 0.2) is 0 Å². The van der Waals surface area contributed by atoms with Gasteiger partial charge in [-0.05, 0) is 58.4 Å². The van der Waals surface area contributed by atoms with Gasteiger partial charge in [-0.2, -0.15) is 5.10 Å². The number of benzene rings is 1. The second-order valence-electron chi connectivity index (χ2n) is 6.03. The Kier molecular flexibility index (Phi) is 4.54. The van der Waals surface area contributed by atoms with Gasteiger partial charge in [0, 0.05) is 5.69 Å². The Morgan fingerprint density at radius 1 is 1.24 bits per heavy atom. The van der Waals surface area contributed by atoms with E-state index in [1.165, 1.54) is 0 Å². The highest BCUT2D eigenvalue weighted by atomic mass is 32.2. The molecule has 0 aliphatic heterocycles. The van der Waals surface area contributed by atoms with Crippen molar-refractivity contribution in [2.24, 2.45) is 4.40 Å². The van der Waals surface area contributed by atoms with E-state index in [9.17, 15) is 4.55 Å². The lowest BCUT2D eigenvalue weighted by molar-refractivity contribution is 0.562. The highest BCUT2D eigenvalue weighted by Gasteiger charge is 2.25. The number of aromatic nitrogens is 2. The average molecular weight is 303 g/mol. The van der Waals surface area contributed by atoms with Crippen LogP contribution < -0.4 is 0 Å². The van der Waals surface area contributed by atoms with Gasteiger partial charge in [-0.15, -0.1) is 0 Å². The van der Waals surface area contributed by atoms with Crippen molar-refractivity contribution in [1.82, 2.24) is 9.78 Å². The molecule has 0 N–H and O–H groups in total. The van der Waals surface area contributed by atoms with Crippen LogP contribution in [0.5, 0.6) is 0 Å². The van der Waals surface area contributed by atoms with E-state index in [1.54, 1.807) is 6.21 Å². The van der Waals surface area contributed by atoms with Gasteiger partial charge < -0.3 is 4.55 Å². The van der Waals surface area contributed by atoms with Crippen LogP contribution in [0.25, 0.3) is 5.69 Å². The molecule has 0 radical (unpaired) electrons. The summed E-state index contributed by atoms with van der Waals surface area (Å²) in [6.07, 6.45) is 1.66. The zero-order valence-corrected chi connectivity index (χ0v) is 13.9. The third-order valence-corrected chi connectivity index (χ3v) is 4.29. The van der Waals surface area contributed by atoms with E-state index in [0.29, 0.717) is 0 Å². The van der Waals surface area contributed by atoms with Gasteiger partial charge in [0.05, 0.1) is 17.6 Å². The van der Waals surface area contributed by atoms with Crippen molar-refractivity contribution in [2.45, 2.75) is 39.4 Å². The van der Waals surface area contributed by atoms with Crippen LogP contribution >= 0.6 is 0 Å². The standard InChI is InChI=1S/C16H21N3OS/c1-12-9-13(2)19(18-12)15-8-6-7-14(10-15)11-17-21(20)16(3,4)5/h6-11H,1-5H3/b17-11+. The molecule has 0 bridgehead atoms. The van der Waals surface area contributed by atoms with Gasteiger partial charge >= 0.3 is 0 Å². The van der Waals surface area contributed by atoms with Crippen molar-refractivity contribution in [2.75, 3.05) is 0 Å². The number of hydrogen-bond acceptors (Lipinski definition) is 3. The minimum Gasteiger partial charge on any atom is -0.591 e. The molecular formula is C16H21N3OS. The second kappa shape index (κ2) is 6.03. The Morgan fingerprint density at radius 3 is 2.52 bits per heavy atom. The molecular weight excluding hydrogens is 282 g/mol. The zero-order valence-electron chi connectivity index (χ0n) is 13.1. The molecule has 0 saturated heterocycles. The molecule has 1 unspecified atom stereocenters. The maximum Gasteiger partial charge on any atom is 0.144 e. The molecule has 4 nitrogen and oxygen atoms in total. The van der Waals surface area contributed by atoms with Crippen molar-refractivity contribution in [3.8, 4) is 5.69 Å². The fraction of sp³-hybridized carbons (Fsp3) is 0.375. The van der Waals surface area contributed by atoms with Crippen molar-refractivity contribution >= 4 is 17.6 Å². The summed E-state index contributed by atoms with van der Waals surface area (Å²) < 4.78 is 17.6. The Bertz CT molecular complexity index is 656. The first-order valence-corrected chi connectivity index (χ1v) is 7.98. The predicted octanol–water partition coefficient (Wildman–Crippen LogP) is 3.37. The monoisotopic (exact) mass is 303 g/mol. The third-order valence-electron chi connectivity index (χ3n) is 2.95. The van der Waals surface area contributed by atoms with Gasteiger partial charge in [-0.3, -0.25) is 0 Å². The first-order chi connectivity index (χ1) is 9.77. The second-order valence-corrected chi connectivity index (χ2v) is 7.96. The fourth-order valence-corrected chi connectivity index (χ4v) is 2.43. The van der Waals surface area contributed by atoms with Gasteiger partial charge in [0.25, 0.3) is 0 Å². The summed E-state index contributed by atoms with van der Waals surface area (Å²) in [7, 11) is 0. The van der Waals surface area contributed by atoms with Crippen molar-refractivity contribution in [3.63, 3.8) is 0 Å². The van der Waals surface area contributed by atoms with Crippen molar-refractivity contribution in [1.29, 1.82) is 0 Å². The summed E-state index contributed by atoms with van der Waals surface area (Å²) in [4.78, 5) is 0. The van der Waals surface area contributed by atoms with E-state index in [0.717, 1.165) is 22.6 Å². The summed E-state index contributed by atoms with van der Waals surface area (Å²) in [5, 5.41) is 4.47. The molecule has 0 amide bonds. The average Bonchev–Trinajstić information content (AvgIpc) is 2.74. The van der Waals surface area contributed by atoms with Crippen LogP contribution in [0.1, 0.15) is 37.7 Å². The lowest BCUT2D eigenvalue weighted by Crippen LogP contribution is -2.25. The van der Waals surface area contributed by atoms with Crippen LogP contribution in [-0.4, -0.2) is 25.3 Å². The normalized spacial score (nSPS) is 13.8. The zero-order chi connectivity index (χ0) is 15.6. The molecule has 0 aliphatic rings. The molecule has 112 valence electrons. The van der Waals surface area contributed by atoms with Crippen molar-refractivity contribution in [3.05, 3.63) is 47.3 Å². The van der Waals surface area contributed by atoms with Gasteiger partial charge in [0.2, 0.25) is 0 Å². The van der Waals surface area contributed by atoms with E-state index in [4.69, 9.17) is 0 Å². The molecule has 1 heterocycles. The minimum atomic E-state index is -1.24. The van der Waals surface area contributed by atoms with E-state index >= 15 is 0 Å². The first kappa shape index (κ1) is 15.8. The number of rotatable bonds is 3. The molecule has 2 aromatic rings.